The second-order valence-corrected chi connectivity index (χ2v) is 6.71. The van der Waals surface area contributed by atoms with Crippen LogP contribution in [0.2, 0.25) is 5.02 Å². The fourth-order valence-electron chi connectivity index (χ4n) is 2.85. The van der Waals surface area contributed by atoms with Crippen LogP contribution in [0.25, 0.3) is 0 Å². The fourth-order valence-corrected chi connectivity index (χ4v) is 3.02. The maximum atomic E-state index is 12.6. The first-order valence-electron chi connectivity index (χ1n) is 8.97. The Kier molecular flexibility index (Phi) is 7.06. The molecular formula is C23H22ClNO3. The van der Waals surface area contributed by atoms with Crippen molar-refractivity contribution in [2.45, 2.75) is 19.8 Å². The molecule has 0 radical (unpaired) electrons. The molecule has 0 heterocycles. The van der Waals surface area contributed by atoms with E-state index >= 15 is 0 Å². The van der Waals surface area contributed by atoms with E-state index in [1.54, 1.807) is 18.2 Å². The smallest absolute Gasteiger partial charge is 0.255 e. The van der Waals surface area contributed by atoms with Gasteiger partial charge in [0.25, 0.3) is 5.91 Å². The summed E-state index contributed by atoms with van der Waals surface area (Å²) in [6.45, 7) is 1.40. The molecule has 0 saturated carbocycles. The summed E-state index contributed by atoms with van der Waals surface area (Å²) in [6.07, 6.45) is 0. The normalized spacial score (nSPS) is 10.5. The number of halogens is 1. The monoisotopic (exact) mass is 395 g/mol. The summed E-state index contributed by atoms with van der Waals surface area (Å²) in [5.41, 5.74) is 3.58. The molecule has 0 atom stereocenters. The van der Waals surface area contributed by atoms with Gasteiger partial charge >= 0.3 is 0 Å². The largest absolute Gasteiger partial charge is 0.496 e. The highest BCUT2D eigenvalue weighted by Gasteiger charge is 2.13. The summed E-state index contributed by atoms with van der Waals surface area (Å²) in [5.74, 6) is 0.251. The zero-order chi connectivity index (χ0) is 19.8. The van der Waals surface area contributed by atoms with Crippen molar-refractivity contribution >= 4 is 17.5 Å². The number of amides is 1. The molecule has 0 bridgehead atoms. The van der Waals surface area contributed by atoms with Crippen LogP contribution in [0.3, 0.4) is 0 Å². The SMILES string of the molecule is COc1ccc(Cl)cc1C(=O)NCc1ccccc1COCc1ccccc1. The summed E-state index contributed by atoms with van der Waals surface area (Å²) in [5, 5.41) is 3.42. The molecule has 0 aromatic heterocycles. The van der Waals surface area contributed by atoms with E-state index < -0.39 is 0 Å². The van der Waals surface area contributed by atoms with Crippen molar-refractivity contribution in [2.75, 3.05) is 7.11 Å². The molecule has 0 aliphatic carbocycles. The van der Waals surface area contributed by atoms with Crippen LogP contribution in [-0.4, -0.2) is 13.0 Å². The zero-order valence-electron chi connectivity index (χ0n) is 15.7. The van der Waals surface area contributed by atoms with Gasteiger partial charge in [0, 0.05) is 11.6 Å². The van der Waals surface area contributed by atoms with Gasteiger partial charge in [0.05, 0.1) is 25.9 Å². The van der Waals surface area contributed by atoms with E-state index in [1.165, 1.54) is 7.11 Å². The van der Waals surface area contributed by atoms with E-state index in [0.717, 1.165) is 16.7 Å². The molecule has 4 nitrogen and oxygen atoms in total. The van der Waals surface area contributed by atoms with Crippen molar-refractivity contribution in [1.82, 2.24) is 5.32 Å². The molecule has 5 heteroatoms. The maximum Gasteiger partial charge on any atom is 0.255 e. The highest BCUT2D eigenvalue weighted by molar-refractivity contribution is 6.31. The Morgan fingerprint density at radius 2 is 1.64 bits per heavy atom. The highest BCUT2D eigenvalue weighted by atomic mass is 35.5. The standard InChI is InChI=1S/C23H22ClNO3/c1-27-22-12-11-20(24)13-21(22)23(26)25-14-18-9-5-6-10-19(18)16-28-15-17-7-3-2-4-8-17/h2-13H,14-16H2,1H3,(H,25,26). The Bertz CT molecular complexity index is 928. The summed E-state index contributed by atoms with van der Waals surface area (Å²) >= 11 is 6.02. The van der Waals surface area contributed by atoms with Gasteiger partial charge in [0.2, 0.25) is 0 Å². The number of rotatable bonds is 8. The Labute approximate surface area is 170 Å². The first kappa shape index (κ1) is 19.9. The molecule has 28 heavy (non-hydrogen) atoms. The summed E-state index contributed by atoms with van der Waals surface area (Å²) < 4.78 is 11.1. The van der Waals surface area contributed by atoms with Crippen LogP contribution in [0.1, 0.15) is 27.0 Å². The van der Waals surface area contributed by atoms with Crippen LogP contribution in [0.4, 0.5) is 0 Å². The highest BCUT2D eigenvalue weighted by Crippen LogP contribution is 2.22. The lowest BCUT2D eigenvalue weighted by molar-refractivity contribution is 0.0944. The predicted octanol–water partition coefficient (Wildman–Crippen LogP) is 5.00. The third-order valence-corrected chi connectivity index (χ3v) is 4.57. The summed E-state index contributed by atoms with van der Waals surface area (Å²) in [6, 6.07) is 22.9. The van der Waals surface area contributed by atoms with Crippen LogP contribution in [-0.2, 0) is 24.5 Å². The van der Waals surface area contributed by atoms with Gasteiger partial charge in [-0.1, -0.05) is 66.2 Å². The molecule has 3 rings (SSSR count). The lowest BCUT2D eigenvalue weighted by Gasteiger charge is -2.13. The van der Waals surface area contributed by atoms with Gasteiger partial charge in [-0.3, -0.25) is 4.79 Å². The fraction of sp³-hybridized carbons (Fsp3) is 0.174. The van der Waals surface area contributed by atoms with Crippen molar-refractivity contribution in [3.8, 4) is 5.75 Å². The second kappa shape index (κ2) is 9.93. The molecule has 144 valence electrons. The van der Waals surface area contributed by atoms with E-state index in [0.29, 0.717) is 36.1 Å². The van der Waals surface area contributed by atoms with Crippen molar-refractivity contribution in [3.63, 3.8) is 0 Å². The average Bonchev–Trinajstić information content (AvgIpc) is 2.73. The number of nitrogens with one attached hydrogen (secondary N) is 1. The molecule has 0 saturated heterocycles. The minimum absolute atomic E-state index is 0.237. The summed E-state index contributed by atoms with van der Waals surface area (Å²) in [4.78, 5) is 12.6. The molecule has 1 N–H and O–H groups in total. The van der Waals surface area contributed by atoms with Crippen molar-refractivity contribution < 1.29 is 14.3 Å². The maximum absolute atomic E-state index is 12.6. The molecule has 0 unspecified atom stereocenters. The number of carbonyl (C=O) groups excluding carboxylic acids is 1. The van der Waals surface area contributed by atoms with Gasteiger partial charge < -0.3 is 14.8 Å². The number of hydrogen-bond acceptors (Lipinski definition) is 3. The van der Waals surface area contributed by atoms with E-state index in [-0.39, 0.29) is 5.91 Å². The molecule has 0 aliphatic rings. The molecule has 0 spiro atoms. The average molecular weight is 396 g/mol. The van der Waals surface area contributed by atoms with E-state index in [9.17, 15) is 4.79 Å². The zero-order valence-corrected chi connectivity index (χ0v) is 16.4. The van der Waals surface area contributed by atoms with Gasteiger partial charge in [0.1, 0.15) is 5.75 Å². The Morgan fingerprint density at radius 3 is 2.39 bits per heavy atom. The van der Waals surface area contributed by atoms with Crippen LogP contribution < -0.4 is 10.1 Å². The Balaban J connectivity index is 1.62. The Morgan fingerprint density at radius 1 is 0.929 bits per heavy atom. The van der Waals surface area contributed by atoms with Crippen molar-refractivity contribution in [1.29, 1.82) is 0 Å². The first-order chi connectivity index (χ1) is 13.7. The lowest BCUT2D eigenvalue weighted by Crippen LogP contribution is -2.24. The van der Waals surface area contributed by atoms with Gasteiger partial charge in [-0.2, -0.15) is 0 Å². The second-order valence-electron chi connectivity index (χ2n) is 6.27. The minimum atomic E-state index is -0.237. The van der Waals surface area contributed by atoms with Crippen LogP contribution in [0, 0.1) is 0 Å². The molecule has 0 aliphatic heterocycles. The van der Waals surface area contributed by atoms with Gasteiger partial charge in [0.15, 0.2) is 0 Å². The third-order valence-electron chi connectivity index (χ3n) is 4.33. The van der Waals surface area contributed by atoms with Crippen molar-refractivity contribution in [2.24, 2.45) is 0 Å². The van der Waals surface area contributed by atoms with E-state index in [2.05, 4.69) is 5.32 Å². The molecule has 3 aromatic carbocycles. The number of methoxy groups -OCH3 is 1. The number of ether oxygens (including phenoxy) is 2. The third kappa shape index (κ3) is 5.35. The van der Waals surface area contributed by atoms with Gasteiger partial charge in [-0.25, -0.2) is 0 Å². The molecule has 0 fully saturated rings. The molecule has 1 amide bonds. The number of hydrogen-bond donors (Lipinski definition) is 1. The lowest BCUT2D eigenvalue weighted by atomic mass is 10.1. The van der Waals surface area contributed by atoms with Gasteiger partial charge in [-0.05, 0) is 34.9 Å². The quantitative estimate of drug-likeness (QED) is 0.584. The predicted molar refractivity (Wildman–Crippen MR) is 111 cm³/mol. The van der Waals surface area contributed by atoms with E-state index in [1.807, 2.05) is 54.6 Å². The first-order valence-corrected chi connectivity index (χ1v) is 9.35. The Hall–Kier alpha value is -2.82. The number of benzene rings is 3. The topological polar surface area (TPSA) is 47.6 Å². The number of carbonyl (C=O) groups is 1. The van der Waals surface area contributed by atoms with Gasteiger partial charge in [-0.15, -0.1) is 0 Å². The van der Waals surface area contributed by atoms with Crippen molar-refractivity contribution in [3.05, 3.63) is 100 Å². The van der Waals surface area contributed by atoms with Crippen LogP contribution >= 0.6 is 11.6 Å². The molecular weight excluding hydrogens is 374 g/mol. The summed E-state index contributed by atoms with van der Waals surface area (Å²) in [7, 11) is 1.53. The van der Waals surface area contributed by atoms with E-state index in [4.69, 9.17) is 21.1 Å². The minimum Gasteiger partial charge on any atom is -0.496 e. The van der Waals surface area contributed by atoms with Crippen LogP contribution in [0.5, 0.6) is 5.75 Å². The van der Waals surface area contributed by atoms with Crippen LogP contribution in [0.15, 0.2) is 72.8 Å². The molecule has 3 aromatic rings.